The van der Waals surface area contributed by atoms with Crippen LogP contribution in [0.1, 0.15) is 12.0 Å². The highest BCUT2D eigenvalue weighted by molar-refractivity contribution is 5.14. The molecule has 3 nitrogen and oxygen atoms in total. The normalized spacial score (nSPS) is 12.6. The lowest BCUT2D eigenvalue weighted by molar-refractivity contribution is 0.199. The molecule has 3 N–H and O–H groups in total. The van der Waals surface area contributed by atoms with Crippen LogP contribution in [0, 0.1) is 0 Å². The molecule has 100 valence electrons. The average molecular weight is 248 g/mol. The first-order valence-electron chi connectivity index (χ1n) is 6.50. The predicted octanol–water partition coefficient (Wildman–Crippen LogP) is 1.43. The Labute approximate surface area is 110 Å². The highest BCUT2D eigenvalue weighted by Crippen LogP contribution is 2.05. The molecule has 0 radical (unpaired) electrons. The molecule has 1 atom stereocenters. The number of aliphatic hydroxyl groups excluding tert-OH is 1. The van der Waals surface area contributed by atoms with E-state index in [4.69, 9.17) is 10.8 Å². The van der Waals surface area contributed by atoms with Crippen LogP contribution in [0.2, 0.25) is 0 Å². The summed E-state index contributed by atoms with van der Waals surface area (Å²) in [5.74, 6) is 0. The third kappa shape index (κ3) is 5.96. The van der Waals surface area contributed by atoms with Gasteiger partial charge in [-0.25, -0.2) is 0 Å². The molecule has 0 aliphatic heterocycles. The van der Waals surface area contributed by atoms with Crippen molar-refractivity contribution in [1.82, 2.24) is 4.90 Å². The Bertz CT molecular complexity index is 327. The van der Waals surface area contributed by atoms with Gasteiger partial charge in [0.05, 0.1) is 6.61 Å². The van der Waals surface area contributed by atoms with Crippen LogP contribution in [-0.2, 0) is 6.42 Å². The highest BCUT2D eigenvalue weighted by Gasteiger charge is 2.09. The molecule has 1 unspecified atom stereocenters. The van der Waals surface area contributed by atoms with E-state index in [1.54, 1.807) is 0 Å². The monoisotopic (exact) mass is 248 g/mol. The first-order valence-corrected chi connectivity index (χ1v) is 6.50. The molecule has 1 aromatic rings. The van der Waals surface area contributed by atoms with Crippen LogP contribution in [0.5, 0.6) is 0 Å². The number of aliphatic hydroxyl groups is 1. The van der Waals surface area contributed by atoms with Crippen molar-refractivity contribution in [2.24, 2.45) is 5.73 Å². The van der Waals surface area contributed by atoms with E-state index < -0.39 is 0 Å². The van der Waals surface area contributed by atoms with E-state index in [0.29, 0.717) is 6.54 Å². The summed E-state index contributed by atoms with van der Waals surface area (Å²) in [5, 5.41) is 8.97. The van der Waals surface area contributed by atoms with Crippen molar-refractivity contribution in [3.05, 3.63) is 48.6 Å². The first-order chi connectivity index (χ1) is 8.76. The van der Waals surface area contributed by atoms with E-state index >= 15 is 0 Å². The van der Waals surface area contributed by atoms with Gasteiger partial charge in [0, 0.05) is 25.7 Å². The summed E-state index contributed by atoms with van der Waals surface area (Å²) in [6.07, 6.45) is 3.81. The Morgan fingerprint density at radius 1 is 1.33 bits per heavy atom. The van der Waals surface area contributed by atoms with Gasteiger partial charge in [0.1, 0.15) is 0 Å². The lowest BCUT2D eigenvalue weighted by Crippen LogP contribution is -2.39. The average Bonchev–Trinajstić information content (AvgIpc) is 2.38. The summed E-state index contributed by atoms with van der Waals surface area (Å²) < 4.78 is 0. The summed E-state index contributed by atoms with van der Waals surface area (Å²) in [6.45, 7) is 6.13. The van der Waals surface area contributed by atoms with E-state index in [2.05, 4.69) is 35.7 Å². The van der Waals surface area contributed by atoms with E-state index in [9.17, 15) is 0 Å². The van der Waals surface area contributed by atoms with Gasteiger partial charge in [-0.05, 0) is 18.4 Å². The fraction of sp³-hybridized carbons (Fsp3) is 0.467. The fourth-order valence-corrected chi connectivity index (χ4v) is 2.00. The Kier molecular flexibility index (Phi) is 7.34. The van der Waals surface area contributed by atoms with Crippen LogP contribution >= 0.6 is 0 Å². The smallest absolute Gasteiger partial charge is 0.0558 e. The van der Waals surface area contributed by atoms with Gasteiger partial charge in [0.25, 0.3) is 0 Å². The second kappa shape index (κ2) is 8.86. The maximum Gasteiger partial charge on any atom is 0.0558 e. The molecular formula is C15H24N2O. The van der Waals surface area contributed by atoms with Crippen molar-refractivity contribution >= 4 is 0 Å². The van der Waals surface area contributed by atoms with E-state index in [-0.39, 0.29) is 12.6 Å². The summed E-state index contributed by atoms with van der Waals surface area (Å²) in [5.41, 5.74) is 7.45. The minimum atomic E-state index is 0.136. The third-order valence-electron chi connectivity index (χ3n) is 2.94. The van der Waals surface area contributed by atoms with Crippen LogP contribution in [0.15, 0.2) is 43.0 Å². The number of nitrogens with zero attached hydrogens (tertiary/aromatic N) is 1. The second-order valence-electron chi connectivity index (χ2n) is 4.56. The summed E-state index contributed by atoms with van der Waals surface area (Å²) >= 11 is 0. The van der Waals surface area contributed by atoms with Crippen LogP contribution < -0.4 is 5.73 Å². The second-order valence-corrected chi connectivity index (χ2v) is 4.56. The third-order valence-corrected chi connectivity index (χ3v) is 2.94. The lowest BCUT2D eigenvalue weighted by Gasteiger charge is -2.23. The maximum atomic E-state index is 8.97. The van der Waals surface area contributed by atoms with Crippen LogP contribution in [0.4, 0.5) is 0 Å². The molecule has 0 saturated heterocycles. The molecule has 0 spiro atoms. The van der Waals surface area contributed by atoms with Crippen LogP contribution in [0.25, 0.3) is 0 Å². The maximum absolute atomic E-state index is 8.97. The van der Waals surface area contributed by atoms with Crippen molar-refractivity contribution in [2.45, 2.75) is 18.9 Å². The summed E-state index contributed by atoms with van der Waals surface area (Å²) in [4.78, 5) is 2.13. The van der Waals surface area contributed by atoms with Gasteiger partial charge < -0.3 is 10.8 Å². The Morgan fingerprint density at radius 3 is 2.67 bits per heavy atom. The molecule has 0 fully saturated rings. The summed E-state index contributed by atoms with van der Waals surface area (Å²) in [6, 6.07) is 10.5. The van der Waals surface area contributed by atoms with E-state index in [1.807, 2.05) is 12.1 Å². The quantitative estimate of drug-likeness (QED) is 0.650. The molecule has 0 amide bonds. The van der Waals surface area contributed by atoms with Gasteiger partial charge in [0.2, 0.25) is 0 Å². The predicted molar refractivity (Wildman–Crippen MR) is 76.5 cm³/mol. The number of aryl methyl sites for hydroxylation is 1. The van der Waals surface area contributed by atoms with E-state index in [0.717, 1.165) is 25.9 Å². The van der Waals surface area contributed by atoms with Crippen molar-refractivity contribution in [3.63, 3.8) is 0 Å². The standard InChI is InChI=1S/C15H24N2O/c1-2-10-17(11-12-18)13-15(16)9-8-14-6-4-3-5-7-14/h2-7,15,18H,1,8-13,16H2. The largest absolute Gasteiger partial charge is 0.395 e. The van der Waals surface area contributed by atoms with Crippen LogP contribution in [-0.4, -0.2) is 42.3 Å². The molecule has 0 aliphatic carbocycles. The lowest BCUT2D eigenvalue weighted by atomic mass is 10.1. The molecule has 0 heterocycles. The molecule has 3 heteroatoms. The first kappa shape index (κ1) is 14.9. The number of nitrogens with two attached hydrogens (primary N) is 1. The minimum absolute atomic E-state index is 0.136. The zero-order valence-corrected chi connectivity index (χ0v) is 11.0. The van der Waals surface area contributed by atoms with Gasteiger partial charge in [-0.2, -0.15) is 0 Å². The zero-order chi connectivity index (χ0) is 13.2. The summed E-state index contributed by atoms with van der Waals surface area (Å²) in [7, 11) is 0. The highest BCUT2D eigenvalue weighted by atomic mass is 16.3. The molecule has 0 saturated carbocycles. The number of rotatable bonds is 9. The molecule has 0 aliphatic rings. The number of hydrogen-bond acceptors (Lipinski definition) is 3. The fourth-order valence-electron chi connectivity index (χ4n) is 2.00. The van der Waals surface area contributed by atoms with Gasteiger partial charge in [0.15, 0.2) is 0 Å². The van der Waals surface area contributed by atoms with Gasteiger partial charge >= 0.3 is 0 Å². The Hall–Kier alpha value is -1.16. The SMILES string of the molecule is C=CCN(CCO)CC(N)CCc1ccccc1. The molecule has 0 bridgehead atoms. The zero-order valence-electron chi connectivity index (χ0n) is 11.0. The Balaban J connectivity index is 2.31. The minimum Gasteiger partial charge on any atom is -0.395 e. The van der Waals surface area contributed by atoms with Crippen molar-refractivity contribution in [1.29, 1.82) is 0 Å². The van der Waals surface area contributed by atoms with Crippen LogP contribution in [0.3, 0.4) is 0 Å². The van der Waals surface area contributed by atoms with Crippen molar-refractivity contribution < 1.29 is 5.11 Å². The van der Waals surface area contributed by atoms with Crippen molar-refractivity contribution in [3.8, 4) is 0 Å². The topological polar surface area (TPSA) is 49.5 Å². The van der Waals surface area contributed by atoms with Gasteiger partial charge in [-0.1, -0.05) is 36.4 Å². The molecule has 1 aromatic carbocycles. The number of hydrogen-bond donors (Lipinski definition) is 2. The molecule has 1 rings (SSSR count). The van der Waals surface area contributed by atoms with Crippen molar-refractivity contribution in [2.75, 3.05) is 26.2 Å². The number of benzene rings is 1. The van der Waals surface area contributed by atoms with Gasteiger partial charge in [-0.3, -0.25) is 4.90 Å². The molecular weight excluding hydrogens is 224 g/mol. The van der Waals surface area contributed by atoms with Gasteiger partial charge in [-0.15, -0.1) is 6.58 Å². The Morgan fingerprint density at radius 2 is 2.06 bits per heavy atom. The molecule has 18 heavy (non-hydrogen) atoms. The van der Waals surface area contributed by atoms with E-state index in [1.165, 1.54) is 5.56 Å². The molecule has 0 aromatic heterocycles.